The molecule has 0 spiro atoms. The lowest BCUT2D eigenvalue weighted by molar-refractivity contribution is 0.330. The molecule has 5 rings (SSSR count). The number of furan rings is 1. The van der Waals surface area contributed by atoms with Crippen molar-refractivity contribution in [3.63, 3.8) is 0 Å². The first-order chi connectivity index (χ1) is 19.6. The van der Waals surface area contributed by atoms with Gasteiger partial charge in [0, 0.05) is 29.6 Å². The number of aryl methyl sites for hydroxylation is 1. The van der Waals surface area contributed by atoms with Gasteiger partial charge in [-0.05, 0) is 95.0 Å². The number of ether oxygens (including phenoxy) is 1. The molecule has 40 heavy (non-hydrogen) atoms. The van der Waals surface area contributed by atoms with Crippen LogP contribution in [0.1, 0.15) is 24.0 Å². The van der Waals surface area contributed by atoms with Crippen molar-refractivity contribution in [1.82, 2.24) is 19.7 Å². The zero-order valence-electron chi connectivity index (χ0n) is 22.2. The average Bonchev–Trinajstić information content (AvgIpc) is 3.75. The highest BCUT2D eigenvalue weighted by molar-refractivity contribution is 14.2. The molecule has 0 bridgehead atoms. The molecular weight excluding hydrogens is 681 g/mol. The molecule has 1 fully saturated rings. The van der Waals surface area contributed by atoms with E-state index in [1.807, 2.05) is 57.4 Å². The van der Waals surface area contributed by atoms with E-state index in [0.717, 1.165) is 42.2 Å². The Balaban J connectivity index is 1.58. The molecule has 1 aliphatic rings. The number of benzene rings is 2. The van der Waals surface area contributed by atoms with Crippen LogP contribution < -0.4 is 9.04 Å². The maximum absolute atomic E-state index is 13.9. The quantitative estimate of drug-likeness (QED) is 0.145. The Labute approximate surface area is 258 Å². The summed E-state index contributed by atoms with van der Waals surface area (Å²) >= 11 is 8.33. The topological polar surface area (TPSA) is 76.6 Å². The van der Waals surface area contributed by atoms with Crippen LogP contribution in [0.4, 0.5) is 5.95 Å². The summed E-state index contributed by atoms with van der Waals surface area (Å²) in [4.78, 5) is 2.45. The molecule has 0 N–H and O–H groups in total. The van der Waals surface area contributed by atoms with Gasteiger partial charge in [-0.2, -0.15) is 0 Å². The van der Waals surface area contributed by atoms with Crippen LogP contribution in [-0.4, -0.2) is 62.1 Å². The summed E-state index contributed by atoms with van der Waals surface area (Å²) in [6.07, 6.45) is 4.66. The van der Waals surface area contributed by atoms with Crippen molar-refractivity contribution >= 4 is 58.7 Å². The average molecular weight is 712 g/mol. The zero-order valence-corrected chi connectivity index (χ0v) is 26.7. The Kier molecular flexibility index (Phi) is 10.5. The first-order valence-corrected chi connectivity index (χ1v) is 18.3. The normalized spacial score (nSPS) is 14.5. The summed E-state index contributed by atoms with van der Waals surface area (Å²) < 4.78 is 29.5. The third-order valence-corrected chi connectivity index (χ3v) is 10.1. The van der Waals surface area contributed by atoms with Gasteiger partial charge in [0.2, 0.25) is 11.8 Å². The summed E-state index contributed by atoms with van der Waals surface area (Å²) in [5.74, 6) is 3.51. The zero-order chi connectivity index (χ0) is 27.9. The van der Waals surface area contributed by atoms with Crippen molar-refractivity contribution in [1.29, 1.82) is 0 Å². The molecule has 1 saturated heterocycles. The van der Waals surface area contributed by atoms with E-state index in [2.05, 4.69) is 42.4 Å². The number of hydrogen-bond acceptors (Lipinski definition) is 7. The molecule has 0 radical (unpaired) electrons. The molecule has 2 aromatic carbocycles. The number of rotatable bonds is 13. The van der Waals surface area contributed by atoms with E-state index in [1.165, 1.54) is 12.8 Å². The van der Waals surface area contributed by atoms with Crippen molar-refractivity contribution < 1.29 is 13.4 Å². The second-order valence-electron chi connectivity index (χ2n) is 9.40. The van der Waals surface area contributed by atoms with Crippen molar-refractivity contribution in [2.24, 2.45) is 0 Å². The standard InChI is InChI=1S/C28H31ClIN5O3S2/c1-37-24-7-4-6-22(20-33-14-2-3-15-33)26(24)35-27(25-8-5-17-38-25)31-32-28(35)34(16-18-39-30)40(36)19-13-21-9-11-23(29)12-10-21/h4-12,17H,2-3,13-16,18-20H2,1H3. The third kappa shape index (κ3) is 6.87. The van der Waals surface area contributed by atoms with Crippen LogP contribution in [0.3, 0.4) is 0 Å². The summed E-state index contributed by atoms with van der Waals surface area (Å²) in [6.45, 7) is 3.42. The van der Waals surface area contributed by atoms with Crippen molar-refractivity contribution in [2.45, 2.75) is 25.8 Å². The van der Waals surface area contributed by atoms with Crippen LogP contribution >= 0.6 is 41.7 Å². The van der Waals surface area contributed by atoms with Gasteiger partial charge in [-0.1, -0.05) is 44.8 Å². The number of aromatic nitrogens is 3. The maximum atomic E-state index is 13.9. The lowest BCUT2D eigenvalue weighted by atomic mass is 10.1. The fourth-order valence-electron chi connectivity index (χ4n) is 4.88. The second-order valence-corrected chi connectivity index (χ2v) is 13.8. The predicted molar refractivity (Wildman–Crippen MR) is 172 cm³/mol. The third-order valence-electron chi connectivity index (χ3n) is 6.83. The number of halogens is 2. The SMILES string of the molecule is COc1cccc(CN2CCCC2)c1-n1c(-c2ccco2)nnc1N(CCSI)S(=O)CCc1ccc(Cl)cc1. The first-order valence-electron chi connectivity index (χ1n) is 13.1. The van der Waals surface area contributed by atoms with E-state index >= 15 is 0 Å². The van der Waals surface area contributed by atoms with Crippen molar-refractivity contribution in [3.8, 4) is 23.0 Å². The molecule has 4 aromatic rings. The lowest BCUT2D eigenvalue weighted by Crippen LogP contribution is -2.33. The number of methoxy groups -OCH3 is 1. The number of likely N-dealkylation sites (tertiary alicyclic amines) is 1. The Morgan fingerprint density at radius 1 is 1.12 bits per heavy atom. The minimum absolute atomic E-state index is 0.434. The molecule has 0 saturated carbocycles. The molecule has 0 amide bonds. The van der Waals surface area contributed by atoms with Gasteiger partial charge >= 0.3 is 0 Å². The van der Waals surface area contributed by atoms with Gasteiger partial charge in [-0.15, -0.1) is 10.2 Å². The Bertz CT molecular complexity index is 1410. The van der Waals surface area contributed by atoms with Crippen LogP contribution in [0.2, 0.25) is 5.02 Å². The fraction of sp³-hybridized carbons (Fsp3) is 0.357. The van der Waals surface area contributed by atoms with Crippen LogP contribution in [0, 0.1) is 0 Å². The Hall–Kier alpha value is -2.06. The number of nitrogens with zero attached hydrogens (tertiary/aromatic N) is 5. The molecule has 2 aromatic heterocycles. The van der Waals surface area contributed by atoms with E-state index in [1.54, 1.807) is 22.3 Å². The van der Waals surface area contributed by atoms with Crippen LogP contribution in [-0.2, 0) is 24.0 Å². The molecule has 1 unspecified atom stereocenters. The van der Waals surface area contributed by atoms with Gasteiger partial charge in [-0.3, -0.25) is 13.8 Å². The smallest absolute Gasteiger partial charge is 0.244 e. The van der Waals surface area contributed by atoms with E-state index < -0.39 is 11.0 Å². The largest absolute Gasteiger partial charge is 0.495 e. The van der Waals surface area contributed by atoms with E-state index in [9.17, 15) is 4.21 Å². The van der Waals surface area contributed by atoms with Gasteiger partial charge in [0.1, 0.15) is 16.7 Å². The number of anilines is 1. The summed E-state index contributed by atoms with van der Waals surface area (Å²) in [6, 6.07) is 17.4. The van der Waals surface area contributed by atoms with Gasteiger partial charge < -0.3 is 9.15 Å². The monoisotopic (exact) mass is 711 g/mol. The minimum atomic E-state index is -1.37. The van der Waals surface area contributed by atoms with Crippen molar-refractivity contribution in [3.05, 3.63) is 77.0 Å². The molecule has 0 aliphatic carbocycles. The van der Waals surface area contributed by atoms with Crippen LogP contribution in [0.5, 0.6) is 5.75 Å². The Morgan fingerprint density at radius 3 is 2.62 bits per heavy atom. The molecule has 1 aliphatic heterocycles. The van der Waals surface area contributed by atoms with E-state index in [0.29, 0.717) is 47.0 Å². The first kappa shape index (κ1) is 29.4. The molecular formula is C28H31ClIN5O3S2. The fourth-order valence-corrected chi connectivity index (χ4v) is 7.19. The van der Waals surface area contributed by atoms with Gasteiger partial charge in [0.15, 0.2) is 5.76 Å². The van der Waals surface area contributed by atoms with E-state index in [4.69, 9.17) is 20.8 Å². The van der Waals surface area contributed by atoms with E-state index in [-0.39, 0.29) is 0 Å². The number of hydrogen-bond donors (Lipinski definition) is 0. The van der Waals surface area contributed by atoms with Gasteiger partial charge in [-0.25, -0.2) is 4.21 Å². The minimum Gasteiger partial charge on any atom is -0.495 e. The molecule has 8 nitrogen and oxygen atoms in total. The molecule has 1 atom stereocenters. The highest BCUT2D eigenvalue weighted by atomic mass is 127. The van der Waals surface area contributed by atoms with Crippen molar-refractivity contribution in [2.75, 3.05) is 42.6 Å². The lowest BCUT2D eigenvalue weighted by Gasteiger charge is -2.25. The maximum Gasteiger partial charge on any atom is 0.244 e. The predicted octanol–water partition coefficient (Wildman–Crippen LogP) is 6.58. The molecule has 212 valence electrons. The molecule has 12 heteroatoms. The Morgan fingerprint density at radius 2 is 1.93 bits per heavy atom. The summed E-state index contributed by atoms with van der Waals surface area (Å²) in [7, 11) is 1.96. The number of para-hydroxylation sites is 1. The second kappa shape index (κ2) is 14.2. The molecule has 3 heterocycles. The van der Waals surface area contributed by atoms with Gasteiger partial charge in [0.05, 0.1) is 19.1 Å². The summed E-state index contributed by atoms with van der Waals surface area (Å²) in [5, 5.41) is 9.88. The summed E-state index contributed by atoms with van der Waals surface area (Å²) in [5.41, 5.74) is 3.01. The van der Waals surface area contributed by atoms with Crippen LogP contribution in [0.15, 0.2) is 65.3 Å². The highest BCUT2D eigenvalue weighted by Gasteiger charge is 2.29. The van der Waals surface area contributed by atoms with Crippen LogP contribution in [0.25, 0.3) is 17.3 Å². The van der Waals surface area contributed by atoms with Gasteiger partial charge in [0.25, 0.3) is 0 Å². The highest BCUT2D eigenvalue weighted by Crippen LogP contribution is 2.36.